The monoisotopic (exact) mass is 397 g/mol. The molecule has 2 saturated heterocycles. The van der Waals surface area contributed by atoms with Crippen LogP contribution in [0.4, 0.5) is 18.9 Å². The van der Waals surface area contributed by atoms with E-state index in [1.165, 1.54) is 18.5 Å². The molecule has 0 bridgehead atoms. The van der Waals surface area contributed by atoms with Gasteiger partial charge in [0.2, 0.25) is 5.91 Å². The summed E-state index contributed by atoms with van der Waals surface area (Å²) < 4.78 is 37.4. The third kappa shape index (κ3) is 5.17. The summed E-state index contributed by atoms with van der Waals surface area (Å²) in [4.78, 5) is 26.6. The van der Waals surface area contributed by atoms with Crippen molar-refractivity contribution in [1.29, 1.82) is 0 Å². The molecular formula is C20H26F3N3O2. The summed E-state index contributed by atoms with van der Waals surface area (Å²) in [5, 5.41) is 2.87. The first-order chi connectivity index (χ1) is 13.3. The molecule has 0 aromatic heterocycles. The van der Waals surface area contributed by atoms with Gasteiger partial charge in [-0.05, 0) is 49.8 Å². The Bertz CT molecular complexity index is 677. The van der Waals surface area contributed by atoms with Gasteiger partial charge in [0.1, 0.15) is 0 Å². The molecule has 2 aliphatic rings. The highest BCUT2D eigenvalue weighted by Gasteiger charge is 2.43. The molecule has 2 fully saturated rings. The first kappa shape index (κ1) is 20.5. The zero-order valence-electron chi connectivity index (χ0n) is 15.8. The van der Waals surface area contributed by atoms with E-state index in [1.54, 1.807) is 0 Å². The van der Waals surface area contributed by atoms with Crippen molar-refractivity contribution < 1.29 is 22.8 Å². The molecule has 28 heavy (non-hydrogen) atoms. The Balaban J connectivity index is 1.38. The first-order valence-corrected chi connectivity index (χ1v) is 9.82. The SMILES string of the molecule is O=C(NCCc1ccc(N2CCCC2)cc1)C1CCN(C(=O)C(F)(F)F)CC1. The van der Waals surface area contributed by atoms with Gasteiger partial charge in [0.05, 0.1) is 0 Å². The number of carbonyl (C=O) groups excluding carboxylic acids is 2. The van der Waals surface area contributed by atoms with Gasteiger partial charge in [-0.1, -0.05) is 12.1 Å². The van der Waals surface area contributed by atoms with Crippen LogP contribution < -0.4 is 10.2 Å². The standard InChI is InChI=1S/C20H26F3N3O2/c21-20(22,23)19(28)26-13-8-16(9-14-26)18(27)24-10-7-15-3-5-17(6-4-15)25-11-1-2-12-25/h3-6,16H,1-2,7-14H2,(H,24,27). The lowest BCUT2D eigenvalue weighted by atomic mass is 9.95. The maximum absolute atomic E-state index is 12.5. The summed E-state index contributed by atoms with van der Waals surface area (Å²) in [5.41, 5.74) is 2.36. The highest BCUT2D eigenvalue weighted by atomic mass is 19.4. The lowest BCUT2D eigenvalue weighted by Gasteiger charge is -2.31. The van der Waals surface area contributed by atoms with Crippen molar-refractivity contribution in [2.24, 2.45) is 5.92 Å². The van der Waals surface area contributed by atoms with Crippen LogP contribution >= 0.6 is 0 Å². The number of piperidine rings is 1. The molecular weight excluding hydrogens is 371 g/mol. The summed E-state index contributed by atoms with van der Waals surface area (Å²) in [5.74, 6) is -2.30. The maximum atomic E-state index is 12.5. The second-order valence-electron chi connectivity index (χ2n) is 7.47. The Morgan fingerprint density at radius 2 is 1.61 bits per heavy atom. The molecule has 1 aromatic rings. The van der Waals surface area contributed by atoms with Crippen LogP contribution in [0.1, 0.15) is 31.2 Å². The first-order valence-electron chi connectivity index (χ1n) is 9.82. The van der Waals surface area contributed by atoms with Crippen molar-refractivity contribution in [3.63, 3.8) is 0 Å². The smallest absolute Gasteiger partial charge is 0.372 e. The normalized spacial score (nSPS) is 18.4. The number of likely N-dealkylation sites (tertiary alicyclic amines) is 1. The Labute approximate surface area is 162 Å². The van der Waals surface area contributed by atoms with Crippen molar-refractivity contribution in [2.75, 3.05) is 37.6 Å². The molecule has 0 spiro atoms. The number of carbonyl (C=O) groups is 2. The fraction of sp³-hybridized carbons (Fsp3) is 0.600. The highest BCUT2D eigenvalue weighted by molar-refractivity contribution is 5.83. The summed E-state index contributed by atoms with van der Waals surface area (Å²) in [7, 11) is 0. The highest BCUT2D eigenvalue weighted by Crippen LogP contribution is 2.24. The minimum absolute atomic E-state index is 0.0333. The molecule has 5 nitrogen and oxygen atoms in total. The number of amides is 2. The second-order valence-corrected chi connectivity index (χ2v) is 7.47. The van der Waals surface area contributed by atoms with Gasteiger partial charge in [-0.25, -0.2) is 0 Å². The topological polar surface area (TPSA) is 52.7 Å². The van der Waals surface area contributed by atoms with E-state index < -0.39 is 12.1 Å². The third-order valence-electron chi connectivity index (χ3n) is 5.52. The van der Waals surface area contributed by atoms with Gasteiger partial charge in [-0.3, -0.25) is 9.59 Å². The minimum Gasteiger partial charge on any atom is -0.372 e. The van der Waals surface area contributed by atoms with Gasteiger partial charge in [-0.15, -0.1) is 0 Å². The van der Waals surface area contributed by atoms with Crippen LogP contribution in [0.15, 0.2) is 24.3 Å². The van der Waals surface area contributed by atoms with Crippen LogP contribution in [-0.4, -0.2) is 55.6 Å². The number of alkyl halides is 3. The lowest BCUT2D eigenvalue weighted by Crippen LogP contribution is -2.47. The van der Waals surface area contributed by atoms with E-state index in [9.17, 15) is 22.8 Å². The van der Waals surface area contributed by atoms with E-state index >= 15 is 0 Å². The third-order valence-corrected chi connectivity index (χ3v) is 5.52. The van der Waals surface area contributed by atoms with Gasteiger partial charge >= 0.3 is 12.1 Å². The zero-order chi connectivity index (χ0) is 20.1. The predicted octanol–water partition coefficient (Wildman–Crippen LogP) is 2.75. The van der Waals surface area contributed by atoms with Crippen LogP contribution in [0.3, 0.4) is 0 Å². The molecule has 0 unspecified atom stereocenters. The Morgan fingerprint density at radius 1 is 1.00 bits per heavy atom. The van der Waals surface area contributed by atoms with Crippen LogP contribution in [-0.2, 0) is 16.0 Å². The number of nitrogens with zero attached hydrogens (tertiary/aromatic N) is 2. The molecule has 2 amide bonds. The molecule has 154 valence electrons. The summed E-state index contributed by atoms with van der Waals surface area (Å²) in [6.45, 7) is 2.62. The summed E-state index contributed by atoms with van der Waals surface area (Å²) >= 11 is 0. The lowest BCUT2D eigenvalue weighted by molar-refractivity contribution is -0.186. The van der Waals surface area contributed by atoms with Crippen molar-refractivity contribution in [3.05, 3.63) is 29.8 Å². The molecule has 0 atom stereocenters. The van der Waals surface area contributed by atoms with Gasteiger partial charge in [-0.2, -0.15) is 13.2 Å². The molecule has 1 N–H and O–H groups in total. The van der Waals surface area contributed by atoms with Gasteiger partial charge in [0.15, 0.2) is 0 Å². The number of halogens is 3. The predicted molar refractivity (Wildman–Crippen MR) is 100.0 cm³/mol. The molecule has 3 rings (SSSR count). The van der Waals surface area contributed by atoms with Crippen molar-refractivity contribution >= 4 is 17.5 Å². The van der Waals surface area contributed by atoms with Gasteiger partial charge in [0, 0.05) is 44.3 Å². The molecule has 0 aliphatic carbocycles. The Morgan fingerprint density at radius 3 is 2.18 bits per heavy atom. The molecule has 0 saturated carbocycles. The number of hydrogen-bond donors (Lipinski definition) is 1. The van der Waals surface area contributed by atoms with Crippen molar-refractivity contribution in [1.82, 2.24) is 10.2 Å². The van der Waals surface area contributed by atoms with Crippen LogP contribution in [0.25, 0.3) is 0 Å². The van der Waals surface area contributed by atoms with E-state index in [-0.39, 0.29) is 37.8 Å². The summed E-state index contributed by atoms with van der Waals surface area (Å²) in [6.07, 6.45) is -1.15. The van der Waals surface area contributed by atoms with E-state index in [4.69, 9.17) is 0 Å². The van der Waals surface area contributed by atoms with Gasteiger partial charge < -0.3 is 15.1 Å². The van der Waals surface area contributed by atoms with E-state index in [0.29, 0.717) is 13.0 Å². The number of rotatable bonds is 5. The molecule has 1 aromatic carbocycles. The molecule has 0 radical (unpaired) electrons. The maximum Gasteiger partial charge on any atom is 0.471 e. The zero-order valence-corrected chi connectivity index (χ0v) is 15.8. The van der Waals surface area contributed by atoms with E-state index in [0.717, 1.165) is 23.6 Å². The number of benzene rings is 1. The average Bonchev–Trinajstić information content (AvgIpc) is 3.22. The molecule has 8 heteroatoms. The molecule has 2 aliphatic heterocycles. The van der Waals surface area contributed by atoms with E-state index in [1.807, 2.05) is 0 Å². The van der Waals surface area contributed by atoms with Crippen LogP contribution in [0.5, 0.6) is 0 Å². The summed E-state index contributed by atoms with van der Waals surface area (Å²) in [6, 6.07) is 8.35. The number of anilines is 1. The molecule has 2 heterocycles. The second kappa shape index (κ2) is 8.84. The van der Waals surface area contributed by atoms with Crippen LogP contribution in [0, 0.1) is 5.92 Å². The van der Waals surface area contributed by atoms with E-state index in [2.05, 4.69) is 34.5 Å². The minimum atomic E-state index is -4.85. The van der Waals surface area contributed by atoms with Crippen LogP contribution in [0.2, 0.25) is 0 Å². The quantitative estimate of drug-likeness (QED) is 0.831. The Hall–Kier alpha value is -2.25. The fourth-order valence-electron chi connectivity index (χ4n) is 3.85. The number of nitrogens with one attached hydrogen (secondary N) is 1. The number of hydrogen-bond acceptors (Lipinski definition) is 3. The van der Waals surface area contributed by atoms with Crippen molar-refractivity contribution in [2.45, 2.75) is 38.3 Å². The Kier molecular flexibility index (Phi) is 6.46. The van der Waals surface area contributed by atoms with Crippen molar-refractivity contribution in [3.8, 4) is 0 Å². The largest absolute Gasteiger partial charge is 0.471 e. The fourth-order valence-corrected chi connectivity index (χ4v) is 3.85. The average molecular weight is 397 g/mol. The van der Waals surface area contributed by atoms with Gasteiger partial charge in [0.25, 0.3) is 0 Å².